The van der Waals surface area contributed by atoms with Crippen molar-refractivity contribution < 1.29 is 0 Å². The summed E-state index contributed by atoms with van der Waals surface area (Å²) in [6, 6.07) is 22.1. The fourth-order valence-corrected chi connectivity index (χ4v) is 5.60. The molecule has 1 atom stereocenters. The molecule has 0 aromatic heterocycles. The van der Waals surface area contributed by atoms with Crippen LogP contribution in [0.5, 0.6) is 0 Å². The lowest BCUT2D eigenvalue weighted by Gasteiger charge is -2.39. The van der Waals surface area contributed by atoms with E-state index >= 15 is 0 Å². The maximum absolute atomic E-state index is 10.5. The Morgan fingerprint density at radius 3 is 2.32 bits per heavy atom. The van der Waals surface area contributed by atoms with Crippen LogP contribution in [0, 0.1) is 17.2 Å². The Bertz CT molecular complexity index is 836. The van der Waals surface area contributed by atoms with Crippen LogP contribution in [-0.2, 0) is 11.8 Å². The predicted octanol–water partition coefficient (Wildman–Crippen LogP) is 7.41. The van der Waals surface area contributed by atoms with Gasteiger partial charge in [0.05, 0.1) is 11.5 Å². The molecule has 31 heavy (non-hydrogen) atoms. The normalized spacial score (nSPS) is 16.9. The molecule has 3 heteroatoms. The first-order chi connectivity index (χ1) is 15.1. The van der Waals surface area contributed by atoms with Crippen LogP contribution in [0.4, 0.5) is 0 Å². The Labute approximate surface area is 194 Å². The van der Waals surface area contributed by atoms with E-state index in [0.717, 1.165) is 55.8 Å². The zero-order chi connectivity index (χ0) is 22.1. The van der Waals surface area contributed by atoms with Crippen LogP contribution in [0.1, 0.15) is 69.9 Å². The second-order valence-electron chi connectivity index (χ2n) is 9.37. The second-order valence-corrected chi connectivity index (χ2v) is 9.77. The molecular weight excluding hydrogens is 400 g/mol. The highest BCUT2D eigenvalue weighted by molar-refractivity contribution is 6.31. The number of benzene rings is 2. The highest BCUT2D eigenvalue weighted by Crippen LogP contribution is 2.46. The molecule has 0 saturated heterocycles. The lowest BCUT2D eigenvalue weighted by atomic mass is 9.63. The van der Waals surface area contributed by atoms with Crippen LogP contribution in [0.2, 0.25) is 5.02 Å². The monoisotopic (exact) mass is 436 g/mol. The Balaban J connectivity index is 1.71. The summed E-state index contributed by atoms with van der Waals surface area (Å²) >= 11 is 6.65. The van der Waals surface area contributed by atoms with Crippen LogP contribution in [0.25, 0.3) is 0 Å². The molecule has 0 N–H and O–H groups in total. The van der Waals surface area contributed by atoms with Crippen LogP contribution < -0.4 is 0 Å². The molecule has 3 rings (SSSR count). The fourth-order valence-electron chi connectivity index (χ4n) is 5.29. The molecule has 0 aliphatic heterocycles. The molecule has 0 amide bonds. The van der Waals surface area contributed by atoms with E-state index in [1.807, 2.05) is 18.2 Å². The molecule has 0 spiro atoms. The zero-order valence-electron chi connectivity index (χ0n) is 19.2. The molecule has 0 radical (unpaired) electrons. The Morgan fingerprint density at radius 2 is 1.68 bits per heavy atom. The van der Waals surface area contributed by atoms with Crippen molar-refractivity contribution >= 4 is 11.6 Å². The molecule has 2 nitrogen and oxygen atoms in total. The van der Waals surface area contributed by atoms with E-state index in [1.165, 1.54) is 24.8 Å². The zero-order valence-corrected chi connectivity index (χ0v) is 20.0. The van der Waals surface area contributed by atoms with Gasteiger partial charge in [0.1, 0.15) is 0 Å². The van der Waals surface area contributed by atoms with Gasteiger partial charge in [0.15, 0.2) is 0 Å². The summed E-state index contributed by atoms with van der Waals surface area (Å²) in [4.78, 5) is 2.56. The van der Waals surface area contributed by atoms with Gasteiger partial charge in [-0.2, -0.15) is 5.26 Å². The summed E-state index contributed by atoms with van der Waals surface area (Å²) in [5.41, 5.74) is 1.96. The first kappa shape index (κ1) is 23.8. The number of nitrogens with zero attached hydrogens (tertiary/aromatic N) is 2. The summed E-state index contributed by atoms with van der Waals surface area (Å²) in [5, 5.41) is 11.3. The lowest BCUT2D eigenvalue weighted by Crippen LogP contribution is -2.38. The summed E-state index contributed by atoms with van der Waals surface area (Å²) in [6.45, 7) is 6.62. The van der Waals surface area contributed by atoms with Crippen LogP contribution in [0.3, 0.4) is 0 Å². The first-order valence-electron chi connectivity index (χ1n) is 12.0. The quantitative estimate of drug-likeness (QED) is 0.387. The van der Waals surface area contributed by atoms with Crippen molar-refractivity contribution in [1.82, 2.24) is 4.90 Å². The molecule has 0 heterocycles. The van der Waals surface area contributed by atoms with Gasteiger partial charge < -0.3 is 4.90 Å². The van der Waals surface area contributed by atoms with Crippen molar-refractivity contribution in [2.45, 2.75) is 76.7 Å². The van der Waals surface area contributed by atoms with E-state index in [4.69, 9.17) is 11.6 Å². The van der Waals surface area contributed by atoms with Crippen LogP contribution in [-0.4, -0.2) is 24.0 Å². The van der Waals surface area contributed by atoms with Gasteiger partial charge >= 0.3 is 0 Å². The van der Waals surface area contributed by atoms with Crippen molar-refractivity contribution in [3.63, 3.8) is 0 Å². The van der Waals surface area contributed by atoms with Crippen molar-refractivity contribution in [3.05, 3.63) is 70.7 Å². The van der Waals surface area contributed by atoms with Gasteiger partial charge in [0, 0.05) is 17.6 Å². The summed E-state index contributed by atoms with van der Waals surface area (Å²) in [7, 11) is 0. The third-order valence-corrected chi connectivity index (χ3v) is 7.46. The highest BCUT2D eigenvalue weighted by Gasteiger charge is 2.42. The van der Waals surface area contributed by atoms with E-state index in [9.17, 15) is 5.26 Å². The van der Waals surface area contributed by atoms with Crippen molar-refractivity contribution in [3.8, 4) is 6.07 Å². The third-order valence-electron chi connectivity index (χ3n) is 7.13. The minimum atomic E-state index is -0.471. The van der Waals surface area contributed by atoms with Crippen LogP contribution >= 0.6 is 11.6 Å². The predicted molar refractivity (Wildman–Crippen MR) is 131 cm³/mol. The van der Waals surface area contributed by atoms with Crippen LogP contribution in [0.15, 0.2) is 54.6 Å². The largest absolute Gasteiger partial charge is 0.301 e. The van der Waals surface area contributed by atoms with Crippen molar-refractivity contribution in [1.29, 1.82) is 5.26 Å². The topological polar surface area (TPSA) is 27.0 Å². The van der Waals surface area contributed by atoms with E-state index < -0.39 is 5.41 Å². The molecule has 2 aromatic rings. The van der Waals surface area contributed by atoms with E-state index in [-0.39, 0.29) is 0 Å². The van der Waals surface area contributed by atoms with E-state index in [1.54, 1.807) is 0 Å². The summed E-state index contributed by atoms with van der Waals surface area (Å²) < 4.78 is 0. The lowest BCUT2D eigenvalue weighted by molar-refractivity contribution is 0.194. The van der Waals surface area contributed by atoms with Gasteiger partial charge in [0.25, 0.3) is 0 Å². The fraction of sp³-hybridized carbons (Fsp3) is 0.536. The first-order valence-corrected chi connectivity index (χ1v) is 12.4. The van der Waals surface area contributed by atoms with E-state index in [2.05, 4.69) is 61.2 Å². The maximum atomic E-state index is 10.5. The van der Waals surface area contributed by atoms with Gasteiger partial charge in [-0.3, -0.25) is 0 Å². The average Bonchev–Trinajstić information content (AvgIpc) is 2.80. The average molecular weight is 437 g/mol. The Hall–Kier alpha value is -1.82. The molecule has 1 aliphatic carbocycles. The molecule has 1 aliphatic rings. The van der Waals surface area contributed by atoms with Crippen molar-refractivity contribution in [2.24, 2.45) is 5.92 Å². The van der Waals surface area contributed by atoms with Gasteiger partial charge in [-0.05, 0) is 75.6 Å². The minimum absolute atomic E-state index is 0.406. The summed E-state index contributed by atoms with van der Waals surface area (Å²) in [5.74, 6) is 0.406. The van der Waals surface area contributed by atoms with Gasteiger partial charge in [-0.1, -0.05) is 79.4 Å². The Morgan fingerprint density at radius 1 is 1.00 bits per heavy atom. The molecule has 1 unspecified atom stereocenters. The highest BCUT2D eigenvalue weighted by atomic mass is 35.5. The maximum Gasteiger partial charge on any atom is 0.0865 e. The SMILES string of the molecule is CC(C)N(CCCC(C#N)(c1ccccc1Cl)C1CCCCC1)CCc1ccccc1. The van der Waals surface area contributed by atoms with Crippen molar-refractivity contribution in [2.75, 3.05) is 13.1 Å². The number of halogens is 1. The molecular formula is C28H37ClN2. The smallest absolute Gasteiger partial charge is 0.0865 e. The third kappa shape index (κ3) is 6.12. The van der Waals surface area contributed by atoms with E-state index in [0.29, 0.717) is 12.0 Å². The molecule has 1 fully saturated rings. The van der Waals surface area contributed by atoms with Gasteiger partial charge in [-0.25, -0.2) is 0 Å². The molecule has 0 bridgehead atoms. The summed E-state index contributed by atoms with van der Waals surface area (Å²) in [6.07, 6.45) is 8.99. The number of rotatable bonds is 10. The van der Waals surface area contributed by atoms with Gasteiger partial charge in [-0.15, -0.1) is 0 Å². The Kier molecular flexibility index (Phi) is 9.00. The molecule has 1 saturated carbocycles. The standard InChI is InChI=1S/C28H37ClN2/c1-23(2)31(21-18-24-12-5-3-6-13-24)20-11-19-28(22-30,25-14-7-4-8-15-25)26-16-9-10-17-27(26)29/h3,5-6,9-10,12-13,16-17,23,25H,4,7-8,11,14-15,18-21H2,1-2H3. The van der Waals surface area contributed by atoms with Gasteiger partial charge in [0.2, 0.25) is 0 Å². The number of hydrogen-bond donors (Lipinski definition) is 0. The minimum Gasteiger partial charge on any atom is -0.301 e. The molecule has 2 aromatic carbocycles. The number of nitriles is 1. The molecule has 166 valence electrons. The number of hydrogen-bond acceptors (Lipinski definition) is 2. The second kappa shape index (κ2) is 11.7.